The lowest BCUT2D eigenvalue weighted by molar-refractivity contribution is -0.0765. The van der Waals surface area contributed by atoms with Gasteiger partial charge < -0.3 is 14.5 Å². The van der Waals surface area contributed by atoms with Crippen molar-refractivity contribution >= 4 is 38.2 Å². The predicted octanol–water partition coefficient (Wildman–Crippen LogP) is 6.17. The zero-order valence-electron chi connectivity index (χ0n) is 18.1. The molecule has 1 aromatic carbocycles. The van der Waals surface area contributed by atoms with E-state index in [2.05, 4.69) is 78.1 Å². The number of carbonyl (C=O) groups excluding carboxylic acids is 1. The molecule has 5 nitrogen and oxygen atoms in total. The van der Waals surface area contributed by atoms with Gasteiger partial charge in [0.25, 0.3) is 5.91 Å². The Hall–Kier alpha value is -1.93. The van der Waals surface area contributed by atoms with Crippen molar-refractivity contribution in [2.75, 3.05) is 18.4 Å². The van der Waals surface area contributed by atoms with Gasteiger partial charge in [0.05, 0.1) is 24.5 Å². The van der Waals surface area contributed by atoms with Crippen LogP contribution in [0.25, 0.3) is 0 Å². The minimum absolute atomic E-state index is 0.0127. The molecule has 0 aliphatic carbocycles. The molecule has 1 amide bonds. The summed E-state index contributed by atoms with van der Waals surface area (Å²) in [6, 6.07) is 11.9. The number of carbonyl (C=O) groups is 1. The second-order valence-electron chi connectivity index (χ2n) is 8.12. The number of hydrogen-bond donors (Lipinski definition) is 1. The molecule has 1 aliphatic heterocycles. The number of aryl methyl sites for hydroxylation is 1. The van der Waals surface area contributed by atoms with E-state index in [1.165, 1.54) is 22.3 Å². The van der Waals surface area contributed by atoms with Gasteiger partial charge in [0.15, 0.2) is 5.76 Å². The molecule has 2 aromatic heterocycles. The maximum Gasteiger partial charge on any atom is 0.291 e. The van der Waals surface area contributed by atoms with Gasteiger partial charge in [0.2, 0.25) is 0 Å². The number of rotatable bonds is 5. The van der Waals surface area contributed by atoms with Crippen LogP contribution in [0, 0.1) is 13.8 Å². The van der Waals surface area contributed by atoms with Crippen LogP contribution in [-0.4, -0.2) is 36.1 Å². The van der Waals surface area contributed by atoms with Crippen LogP contribution in [0.5, 0.6) is 0 Å². The highest BCUT2D eigenvalue weighted by molar-refractivity contribution is 9.10. The first-order valence-corrected chi connectivity index (χ1v) is 12.0. The molecule has 7 heteroatoms. The molecule has 3 aromatic rings. The molecule has 1 fully saturated rings. The number of thiophene rings is 1. The molecule has 1 aliphatic rings. The van der Waals surface area contributed by atoms with Gasteiger partial charge in [-0.15, -0.1) is 11.3 Å². The van der Waals surface area contributed by atoms with Gasteiger partial charge in [0.1, 0.15) is 5.00 Å². The first kappa shape index (κ1) is 22.3. The molecule has 0 bridgehead atoms. The average Bonchev–Trinajstić information content (AvgIpc) is 3.34. The predicted molar refractivity (Wildman–Crippen MR) is 128 cm³/mol. The van der Waals surface area contributed by atoms with Crippen molar-refractivity contribution < 1.29 is 13.9 Å². The van der Waals surface area contributed by atoms with Gasteiger partial charge in [-0.3, -0.25) is 9.69 Å². The van der Waals surface area contributed by atoms with Crippen LogP contribution >= 0.6 is 27.3 Å². The average molecular weight is 503 g/mol. The van der Waals surface area contributed by atoms with E-state index >= 15 is 0 Å². The fourth-order valence-corrected chi connectivity index (χ4v) is 5.62. The first-order valence-electron chi connectivity index (χ1n) is 10.4. The zero-order chi connectivity index (χ0) is 22.1. The second kappa shape index (κ2) is 9.28. The molecule has 3 heterocycles. The molecular weight excluding hydrogens is 476 g/mol. The molecule has 3 atom stereocenters. The van der Waals surface area contributed by atoms with E-state index in [-0.39, 0.29) is 24.2 Å². The van der Waals surface area contributed by atoms with E-state index in [1.807, 2.05) is 0 Å². The Bertz CT molecular complexity index is 1040. The number of hydrogen-bond acceptors (Lipinski definition) is 5. The summed E-state index contributed by atoms with van der Waals surface area (Å²) in [6.07, 6.45) is 1.80. The SMILES string of the molecule is Cc1sc(NC(=O)c2ccco2)c([C@@H](c2ccc(Br)cc2)N2C[C@@H](C)O[C@H](C)C2)c1C. The zero-order valence-corrected chi connectivity index (χ0v) is 20.5. The highest BCUT2D eigenvalue weighted by Gasteiger charge is 2.34. The molecule has 4 rings (SSSR count). The monoisotopic (exact) mass is 502 g/mol. The Morgan fingerprint density at radius 2 is 1.84 bits per heavy atom. The molecule has 31 heavy (non-hydrogen) atoms. The summed E-state index contributed by atoms with van der Waals surface area (Å²) in [6.45, 7) is 10.1. The molecule has 1 saturated heterocycles. The highest BCUT2D eigenvalue weighted by Crippen LogP contribution is 2.43. The topological polar surface area (TPSA) is 54.7 Å². The van der Waals surface area contributed by atoms with Gasteiger partial charge in [0, 0.05) is 28.0 Å². The van der Waals surface area contributed by atoms with Crippen molar-refractivity contribution in [1.29, 1.82) is 0 Å². The van der Waals surface area contributed by atoms with E-state index in [0.717, 1.165) is 28.1 Å². The number of furan rings is 1. The molecule has 164 valence electrons. The Morgan fingerprint density at radius 1 is 1.16 bits per heavy atom. The van der Waals surface area contributed by atoms with E-state index in [4.69, 9.17) is 9.15 Å². The lowest BCUT2D eigenvalue weighted by atomic mass is 9.94. The molecule has 0 spiro atoms. The van der Waals surface area contributed by atoms with Crippen molar-refractivity contribution in [3.05, 3.63) is 74.5 Å². The minimum Gasteiger partial charge on any atom is -0.459 e. The Morgan fingerprint density at radius 3 is 2.45 bits per heavy atom. The van der Waals surface area contributed by atoms with Crippen LogP contribution in [0.3, 0.4) is 0 Å². The van der Waals surface area contributed by atoms with Gasteiger partial charge in [-0.25, -0.2) is 0 Å². The lowest BCUT2D eigenvalue weighted by Crippen LogP contribution is -2.47. The number of nitrogens with one attached hydrogen (secondary N) is 1. The molecule has 0 radical (unpaired) electrons. The third-order valence-electron chi connectivity index (χ3n) is 5.68. The molecule has 1 N–H and O–H groups in total. The number of anilines is 1. The third kappa shape index (κ3) is 4.80. The summed E-state index contributed by atoms with van der Waals surface area (Å²) in [7, 11) is 0. The normalized spacial score (nSPS) is 20.5. The van der Waals surface area contributed by atoms with E-state index in [0.29, 0.717) is 5.76 Å². The number of amides is 1. The Kier molecular flexibility index (Phi) is 6.67. The van der Waals surface area contributed by atoms with Gasteiger partial charge >= 0.3 is 0 Å². The minimum atomic E-state index is -0.231. The number of benzene rings is 1. The summed E-state index contributed by atoms with van der Waals surface area (Å²) < 4.78 is 12.4. The van der Waals surface area contributed by atoms with E-state index in [9.17, 15) is 4.79 Å². The Labute approximate surface area is 195 Å². The third-order valence-corrected chi connectivity index (χ3v) is 7.34. The summed E-state index contributed by atoms with van der Waals surface area (Å²) in [4.78, 5) is 16.5. The van der Waals surface area contributed by atoms with Gasteiger partial charge in [-0.05, 0) is 63.1 Å². The van der Waals surface area contributed by atoms with Crippen molar-refractivity contribution in [3.63, 3.8) is 0 Å². The smallest absolute Gasteiger partial charge is 0.291 e. The standard InChI is InChI=1S/C24H27BrN2O3S/c1-14-12-27(13-15(2)30-14)22(18-7-9-19(25)10-8-18)21-16(3)17(4)31-24(21)26-23(28)20-6-5-11-29-20/h5-11,14-15,22H,12-13H2,1-4H3,(H,26,28)/t14-,15-,22-/m1/s1. The number of nitrogens with zero attached hydrogens (tertiary/aromatic N) is 1. The van der Waals surface area contributed by atoms with Crippen molar-refractivity contribution in [1.82, 2.24) is 4.90 Å². The van der Waals surface area contributed by atoms with Crippen LogP contribution in [0.15, 0.2) is 51.6 Å². The van der Waals surface area contributed by atoms with Crippen molar-refractivity contribution in [2.45, 2.75) is 45.9 Å². The fraction of sp³-hybridized carbons (Fsp3) is 0.375. The summed E-state index contributed by atoms with van der Waals surface area (Å²) in [5.74, 6) is 0.0780. The highest BCUT2D eigenvalue weighted by atomic mass is 79.9. The van der Waals surface area contributed by atoms with E-state index < -0.39 is 0 Å². The van der Waals surface area contributed by atoms with Crippen LogP contribution in [0.4, 0.5) is 5.00 Å². The van der Waals surface area contributed by atoms with Gasteiger partial charge in [-0.1, -0.05) is 28.1 Å². The number of halogens is 1. The van der Waals surface area contributed by atoms with E-state index in [1.54, 1.807) is 23.5 Å². The van der Waals surface area contributed by atoms with Crippen molar-refractivity contribution in [3.8, 4) is 0 Å². The van der Waals surface area contributed by atoms with Crippen LogP contribution in [0.1, 0.15) is 52.0 Å². The number of morpholine rings is 1. The summed E-state index contributed by atoms with van der Waals surface area (Å²) >= 11 is 5.17. The quantitative estimate of drug-likeness (QED) is 0.453. The summed E-state index contributed by atoms with van der Waals surface area (Å²) in [5.41, 5.74) is 3.55. The Balaban J connectivity index is 1.79. The van der Waals surface area contributed by atoms with Crippen LogP contribution < -0.4 is 5.32 Å². The summed E-state index contributed by atoms with van der Waals surface area (Å²) in [5, 5.41) is 3.99. The molecule has 0 unspecified atom stereocenters. The molecular formula is C24H27BrN2O3S. The van der Waals surface area contributed by atoms with Gasteiger partial charge in [-0.2, -0.15) is 0 Å². The fourth-order valence-electron chi connectivity index (χ4n) is 4.27. The maximum absolute atomic E-state index is 12.8. The van der Waals surface area contributed by atoms with Crippen LogP contribution in [-0.2, 0) is 4.74 Å². The second-order valence-corrected chi connectivity index (χ2v) is 10.3. The van der Waals surface area contributed by atoms with Crippen LogP contribution in [0.2, 0.25) is 0 Å². The van der Waals surface area contributed by atoms with Crippen molar-refractivity contribution in [2.24, 2.45) is 0 Å². The first-order chi connectivity index (χ1) is 14.8. The molecule has 0 saturated carbocycles. The maximum atomic E-state index is 12.8. The lowest BCUT2D eigenvalue weighted by Gasteiger charge is -2.41. The number of ether oxygens (including phenoxy) is 1. The largest absolute Gasteiger partial charge is 0.459 e.